The standard InChI is InChI=1S/C23H24N6O7S2/c1-23(2,21(34)35-3)36-27-14(13-11-38-22(24)25-13)17(30)26-15-18(31)29-16(20(32)33)12(10-37-19(15)29)9-28-7-5-4-6-8-28/h4-8,11,15,19H,9-10H2,1-3H3,(H3-,24,25,26,30,32,33)/p+1/b27-14+/t15-,19-/m1/s1. The fourth-order valence-corrected chi connectivity index (χ4v) is 5.70. The highest BCUT2D eigenvalue weighted by molar-refractivity contribution is 8.00. The Balaban J connectivity index is 1.55. The average Bonchev–Trinajstić information content (AvgIpc) is 3.32. The Kier molecular flexibility index (Phi) is 7.68. The second kappa shape index (κ2) is 10.8. The summed E-state index contributed by atoms with van der Waals surface area (Å²) in [7, 11) is 1.19. The Morgan fingerprint density at radius 3 is 2.63 bits per heavy atom. The molecule has 0 unspecified atom stereocenters. The molecule has 0 bridgehead atoms. The predicted octanol–water partition coefficient (Wildman–Crippen LogP) is 0.124. The molecule has 2 aromatic heterocycles. The smallest absolute Gasteiger partial charge is 0.352 e. The maximum atomic E-state index is 13.2. The number of fused-ring (bicyclic) bond motifs is 1. The summed E-state index contributed by atoms with van der Waals surface area (Å²) >= 11 is 2.40. The number of nitrogen functional groups attached to an aromatic ring is 1. The molecule has 200 valence electrons. The quantitative estimate of drug-likeness (QED) is 0.125. The van der Waals surface area contributed by atoms with Gasteiger partial charge in [0.25, 0.3) is 11.8 Å². The van der Waals surface area contributed by atoms with Crippen LogP contribution in [-0.4, -0.2) is 74.3 Å². The summed E-state index contributed by atoms with van der Waals surface area (Å²) < 4.78 is 6.50. The van der Waals surface area contributed by atoms with Crippen molar-refractivity contribution in [3.8, 4) is 0 Å². The number of aliphatic carboxylic acids is 1. The highest BCUT2D eigenvalue weighted by atomic mass is 32.2. The van der Waals surface area contributed by atoms with Crippen LogP contribution in [-0.2, 0) is 35.3 Å². The van der Waals surface area contributed by atoms with Gasteiger partial charge in [-0.2, -0.15) is 0 Å². The van der Waals surface area contributed by atoms with Crippen LogP contribution in [0.25, 0.3) is 0 Å². The number of amides is 2. The highest BCUT2D eigenvalue weighted by Gasteiger charge is 2.55. The van der Waals surface area contributed by atoms with Crippen LogP contribution in [0, 0.1) is 0 Å². The van der Waals surface area contributed by atoms with Crippen LogP contribution in [0.2, 0.25) is 0 Å². The van der Waals surface area contributed by atoms with E-state index in [9.17, 15) is 24.3 Å². The van der Waals surface area contributed by atoms with Crippen molar-refractivity contribution in [1.82, 2.24) is 15.2 Å². The van der Waals surface area contributed by atoms with E-state index in [4.69, 9.17) is 10.6 Å². The molecule has 1 saturated heterocycles. The molecular formula is C23H25N6O7S2+. The lowest BCUT2D eigenvalue weighted by Crippen LogP contribution is -2.71. The van der Waals surface area contributed by atoms with Crippen LogP contribution in [0.5, 0.6) is 0 Å². The topological polar surface area (TPSA) is 177 Å². The number of aromatic nitrogens is 2. The number of carboxylic acid groups (broad SMARTS) is 1. The maximum Gasteiger partial charge on any atom is 0.352 e. The summed E-state index contributed by atoms with van der Waals surface area (Å²) in [6.45, 7) is 3.12. The zero-order valence-corrected chi connectivity index (χ0v) is 22.2. The number of pyridine rings is 1. The fourth-order valence-electron chi connectivity index (χ4n) is 3.82. The van der Waals surface area contributed by atoms with Crippen LogP contribution in [0.15, 0.2) is 52.4 Å². The minimum absolute atomic E-state index is 0.0823. The first kappa shape index (κ1) is 27.1. The van der Waals surface area contributed by atoms with Gasteiger partial charge in [-0.05, 0) is 13.8 Å². The molecule has 4 N–H and O–H groups in total. The SMILES string of the molecule is COC(=O)C(C)(C)O/N=C(/C(=O)N[C@@H]1C(=O)N2C(C(=O)O)=C(C[n+]3ccccc3)CS[C@H]12)c1csc(N)n1. The Morgan fingerprint density at radius 1 is 1.32 bits per heavy atom. The van der Waals surface area contributed by atoms with E-state index in [1.54, 1.807) is 12.4 Å². The van der Waals surface area contributed by atoms with Crippen LogP contribution < -0.4 is 15.6 Å². The summed E-state index contributed by atoms with van der Waals surface area (Å²) in [5, 5.41) is 17.4. The molecule has 0 aromatic carbocycles. The summed E-state index contributed by atoms with van der Waals surface area (Å²) in [6, 6.07) is 4.48. The molecule has 2 aliphatic heterocycles. The number of carboxylic acids is 1. The van der Waals surface area contributed by atoms with Crippen molar-refractivity contribution < 1.29 is 38.4 Å². The number of nitrogens with one attached hydrogen (secondary N) is 1. The van der Waals surface area contributed by atoms with E-state index in [0.717, 1.165) is 11.3 Å². The molecule has 2 aromatic rings. The zero-order valence-electron chi connectivity index (χ0n) is 20.6. The number of anilines is 1. The summed E-state index contributed by atoms with van der Waals surface area (Å²) in [5.41, 5.74) is 4.45. The van der Waals surface area contributed by atoms with E-state index >= 15 is 0 Å². The molecule has 2 amide bonds. The molecule has 13 nitrogen and oxygen atoms in total. The number of nitrogens with zero attached hydrogens (tertiary/aromatic N) is 4. The molecule has 0 spiro atoms. The molecule has 0 saturated carbocycles. The number of rotatable bonds is 9. The van der Waals surface area contributed by atoms with Crippen molar-refractivity contribution in [2.45, 2.75) is 37.4 Å². The van der Waals surface area contributed by atoms with Crippen LogP contribution in [0.1, 0.15) is 19.5 Å². The Bertz CT molecular complexity index is 1340. The minimum atomic E-state index is -1.52. The molecule has 1 fully saturated rings. The van der Waals surface area contributed by atoms with Crippen molar-refractivity contribution in [3.05, 3.63) is 52.9 Å². The molecular weight excluding hydrogens is 536 g/mol. The number of thiazole rings is 1. The number of ether oxygens (including phenoxy) is 1. The monoisotopic (exact) mass is 561 g/mol. The molecule has 0 aliphatic carbocycles. The van der Waals surface area contributed by atoms with Gasteiger partial charge in [0.2, 0.25) is 5.60 Å². The van der Waals surface area contributed by atoms with Gasteiger partial charge in [0.05, 0.1) is 7.11 Å². The second-order valence-electron chi connectivity index (χ2n) is 8.77. The van der Waals surface area contributed by atoms with Crippen LogP contribution in [0.4, 0.5) is 5.13 Å². The number of hydrogen-bond acceptors (Lipinski definition) is 11. The Labute approximate surface area is 225 Å². The normalized spacial score (nSPS) is 19.4. The van der Waals surface area contributed by atoms with Gasteiger partial charge in [-0.15, -0.1) is 23.1 Å². The number of nitrogens with two attached hydrogens (primary N) is 1. The van der Waals surface area contributed by atoms with Gasteiger partial charge < -0.3 is 25.7 Å². The van der Waals surface area contributed by atoms with Crippen molar-refractivity contribution >= 4 is 57.7 Å². The summed E-state index contributed by atoms with van der Waals surface area (Å²) in [5.74, 6) is -2.97. The Hall–Kier alpha value is -3.98. The molecule has 15 heteroatoms. The van der Waals surface area contributed by atoms with E-state index < -0.39 is 40.8 Å². The van der Waals surface area contributed by atoms with E-state index in [1.807, 2.05) is 22.8 Å². The lowest BCUT2D eigenvalue weighted by atomic mass is 10.0. The third kappa shape index (κ3) is 5.33. The predicted molar refractivity (Wildman–Crippen MR) is 137 cm³/mol. The lowest BCUT2D eigenvalue weighted by molar-refractivity contribution is -0.689. The summed E-state index contributed by atoms with van der Waals surface area (Å²) in [6.07, 6.45) is 3.61. The molecule has 38 heavy (non-hydrogen) atoms. The number of β-lactam (4-membered cyclic amide) rings is 1. The molecule has 4 rings (SSSR count). The van der Waals surface area contributed by atoms with E-state index in [1.165, 1.54) is 43.0 Å². The number of esters is 1. The van der Waals surface area contributed by atoms with E-state index in [-0.39, 0.29) is 22.2 Å². The second-order valence-corrected chi connectivity index (χ2v) is 10.8. The first-order valence-corrected chi connectivity index (χ1v) is 13.2. The van der Waals surface area contributed by atoms with Gasteiger partial charge in [-0.25, -0.2) is 19.1 Å². The number of methoxy groups -OCH3 is 1. The van der Waals surface area contributed by atoms with Gasteiger partial charge in [0.15, 0.2) is 29.8 Å². The molecule has 2 aliphatic rings. The maximum absolute atomic E-state index is 13.2. The van der Waals surface area contributed by atoms with E-state index in [0.29, 0.717) is 17.9 Å². The van der Waals surface area contributed by atoms with Crippen LogP contribution in [0.3, 0.4) is 0 Å². The number of hydrogen-bond donors (Lipinski definition) is 3. The molecule has 0 radical (unpaired) electrons. The first-order chi connectivity index (χ1) is 18.0. The third-order valence-electron chi connectivity index (χ3n) is 5.71. The van der Waals surface area contributed by atoms with Gasteiger partial charge in [0, 0.05) is 28.8 Å². The van der Waals surface area contributed by atoms with E-state index in [2.05, 4.69) is 20.2 Å². The first-order valence-electron chi connectivity index (χ1n) is 11.2. The van der Waals surface area contributed by atoms with Gasteiger partial charge in [-0.3, -0.25) is 14.5 Å². The van der Waals surface area contributed by atoms with Crippen LogP contribution >= 0.6 is 23.1 Å². The number of thioether (sulfide) groups is 1. The third-order valence-corrected chi connectivity index (χ3v) is 7.72. The van der Waals surface area contributed by atoms with Crippen molar-refractivity contribution in [1.29, 1.82) is 0 Å². The zero-order chi connectivity index (χ0) is 27.6. The fraction of sp³-hybridized carbons (Fsp3) is 0.348. The highest BCUT2D eigenvalue weighted by Crippen LogP contribution is 2.40. The lowest BCUT2D eigenvalue weighted by Gasteiger charge is -2.49. The molecule has 4 heterocycles. The largest absolute Gasteiger partial charge is 0.477 e. The minimum Gasteiger partial charge on any atom is -0.477 e. The van der Waals surface area contributed by atoms with Gasteiger partial charge >= 0.3 is 11.9 Å². The Morgan fingerprint density at radius 2 is 2.03 bits per heavy atom. The van der Waals surface area contributed by atoms with Crippen molar-refractivity contribution in [2.75, 3.05) is 18.6 Å². The average molecular weight is 562 g/mol. The van der Waals surface area contributed by atoms with Gasteiger partial charge in [0.1, 0.15) is 22.8 Å². The number of oxime groups is 1. The van der Waals surface area contributed by atoms with Crippen molar-refractivity contribution in [2.24, 2.45) is 5.16 Å². The summed E-state index contributed by atoms with van der Waals surface area (Å²) in [4.78, 5) is 60.9. The number of carbonyl (C=O) groups is 4. The number of carbonyl (C=O) groups excluding carboxylic acids is 3. The van der Waals surface area contributed by atoms with Crippen molar-refractivity contribution in [3.63, 3.8) is 0 Å². The van der Waals surface area contributed by atoms with Gasteiger partial charge in [-0.1, -0.05) is 11.2 Å². The molecule has 2 atom stereocenters.